The number of rotatable bonds is 8. The van der Waals surface area contributed by atoms with Crippen molar-refractivity contribution in [2.45, 2.75) is 46.3 Å². The number of benzene rings is 2. The van der Waals surface area contributed by atoms with Gasteiger partial charge in [0.1, 0.15) is 23.9 Å². The minimum absolute atomic E-state index is 0.0553. The van der Waals surface area contributed by atoms with Crippen LogP contribution in [-0.4, -0.2) is 29.8 Å². The molecule has 0 saturated carbocycles. The number of nitrogens with one attached hydrogen (secondary N) is 1. The van der Waals surface area contributed by atoms with Crippen molar-refractivity contribution < 1.29 is 23.1 Å². The van der Waals surface area contributed by atoms with Crippen molar-refractivity contribution in [2.75, 3.05) is 13.1 Å². The Hall–Kier alpha value is -3.61. The third kappa shape index (κ3) is 5.73. The number of carbonyl (C=O) groups excluding carboxylic acids is 2. The summed E-state index contributed by atoms with van der Waals surface area (Å²) >= 11 is 0. The number of fused-ring (bicyclic) bond motifs is 1. The maximum atomic E-state index is 14.2. The van der Waals surface area contributed by atoms with Gasteiger partial charge in [-0.2, -0.15) is 0 Å². The molecular weight excluding hydrogens is 447 g/mol. The average Bonchev–Trinajstić information content (AvgIpc) is 3.31. The molecule has 6 nitrogen and oxygen atoms in total. The van der Waals surface area contributed by atoms with Crippen LogP contribution in [0.15, 0.2) is 59.0 Å². The molecule has 0 radical (unpaired) electrons. The quantitative estimate of drug-likeness (QED) is 0.479. The molecule has 0 bridgehead atoms. The normalized spacial score (nSPS) is 15.1. The predicted octanol–water partition coefficient (Wildman–Crippen LogP) is 5.27. The first-order valence-corrected chi connectivity index (χ1v) is 12.0. The minimum Gasteiger partial charge on any atom is -0.486 e. The Kier molecular flexibility index (Phi) is 7.54. The fraction of sp³-hybridized carbons (Fsp3) is 0.357. The van der Waals surface area contributed by atoms with E-state index in [4.69, 9.17) is 9.15 Å². The zero-order chi connectivity index (χ0) is 24.9. The Balaban J connectivity index is 1.60. The van der Waals surface area contributed by atoms with Crippen LogP contribution in [0.2, 0.25) is 0 Å². The Labute approximate surface area is 205 Å². The molecule has 0 unspecified atom stereocenters. The van der Waals surface area contributed by atoms with Crippen LogP contribution in [0.1, 0.15) is 66.2 Å². The molecule has 35 heavy (non-hydrogen) atoms. The summed E-state index contributed by atoms with van der Waals surface area (Å²) in [6.45, 7) is 7.13. The number of halogens is 1. The van der Waals surface area contributed by atoms with E-state index < -0.39 is 6.04 Å². The van der Waals surface area contributed by atoms with Crippen LogP contribution < -0.4 is 10.1 Å². The van der Waals surface area contributed by atoms with E-state index in [1.165, 1.54) is 12.1 Å². The van der Waals surface area contributed by atoms with Gasteiger partial charge in [0.25, 0.3) is 5.91 Å². The van der Waals surface area contributed by atoms with Gasteiger partial charge in [-0.05, 0) is 72.4 Å². The number of amides is 2. The highest BCUT2D eigenvalue weighted by Crippen LogP contribution is 2.38. The molecule has 184 valence electrons. The number of carbonyl (C=O) groups is 2. The molecule has 1 N–H and O–H groups in total. The summed E-state index contributed by atoms with van der Waals surface area (Å²) < 4.78 is 25.7. The molecule has 1 aromatic heterocycles. The van der Waals surface area contributed by atoms with Crippen molar-refractivity contribution in [1.29, 1.82) is 0 Å². The molecule has 0 fully saturated rings. The van der Waals surface area contributed by atoms with E-state index in [0.717, 1.165) is 23.1 Å². The van der Waals surface area contributed by atoms with Gasteiger partial charge in [-0.25, -0.2) is 4.39 Å². The molecular formula is C28H31FN2O4. The Morgan fingerprint density at radius 1 is 1.17 bits per heavy atom. The Morgan fingerprint density at radius 2 is 2.00 bits per heavy atom. The van der Waals surface area contributed by atoms with Gasteiger partial charge in [0, 0.05) is 19.5 Å². The molecule has 3 aromatic rings. The monoisotopic (exact) mass is 478 g/mol. The Bertz CT molecular complexity index is 1200. The molecule has 1 aliphatic heterocycles. The van der Waals surface area contributed by atoms with Gasteiger partial charge in [0.05, 0.1) is 6.04 Å². The standard InChI is InChI=1S/C28H31FN2O4/c1-4-30-28(33)25-11-10-23(35-25)17-34-22-9-8-19-12-13-31(26(32)14-18(2)3)27(24(19)16-22)20-6-5-7-21(29)15-20/h5-11,15-16,18,27H,4,12-14,17H2,1-3H3,(H,30,33)/t27-/m0/s1. The van der Waals surface area contributed by atoms with Gasteiger partial charge in [-0.3, -0.25) is 9.59 Å². The van der Waals surface area contributed by atoms with E-state index in [1.54, 1.807) is 18.2 Å². The average molecular weight is 479 g/mol. The molecule has 2 heterocycles. The number of hydrogen-bond acceptors (Lipinski definition) is 4. The van der Waals surface area contributed by atoms with Crippen LogP contribution in [0.5, 0.6) is 5.75 Å². The molecule has 0 aliphatic carbocycles. The lowest BCUT2D eigenvalue weighted by molar-refractivity contribution is -0.134. The van der Waals surface area contributed by atoms with Crippen LogP contribution in [0.3, 0.4) is 0 Å². The molecule has 1 aliphatic rings. The van der Waals surface area contributed by atoms with Crippen molar-refractivity contribution in [3.8, 4) is 5.75 Å². The molecule has 7 heteroatoms. The lowest BCUT2D eigenvalue weighted by atomic mass is 9.87. The molecule has 2 aromatic carbocycles. The highest BCUT2D eigenvalue weighted by molar-refractivity contribution is 5.91. The van der Waals surface area contributed by atoms with Crippen LogP contribution >= 0.6 is 0 Å². The first-order chi connectivity index (χ1) is 16.9. The molecule has 0 saturated heterocycles. The number of ether oxygens (including phenoxy) is 1. The van der Waals surface area contributed by atoms with Crippen molar-refractivity contribution in [3.05, 3.63) is 88.6 Å². The maximum Gasteiger partial charge on any atom is 0.286 e. The zero-order valence-corrected chi connectivity index (χ0v) is 20.3. The third-order valence-electron chi connectivity index (χ3n) is 6.02. The summed E-state index contributed by atoms with van der Waals surface area (Å²) in [6, 6.07) is 15.2. The fourth-order valence-electron chi connectivity index (χ4n) is 4.43. The van der Waals surface area contributed by atoms with Crippen LogP contribution in [0, 0.1) is 11.7 Å². The van der Waals surface area contributed by atoms with Crippen LogP contribution in [0.4, 0.5) is 4.39 Å². The summed E-state index contributed by atoms with van der Waals surface area (Å²) in [6.07, 6.45) is 1.16. The topological polar surface area (TPSA) is 71.8 Å². The van der Waals surface area contributed by atoms with E-state index in [2.05, 4.69) is 5.32 Å². The highest BCUT2D eigenvalue weighted by Gasteiger charge is 2.32. The van der Waals surface area contributed by atoms with Gasteiger partial charge in [0.2, 0.25) is 5.91 Å². The summed E-state index contributed by atoms with van der Waals surface area (Å²) in [5, 5.41) is 2.70. The van der Waals surface area contributed by atoms with Crippen molar-refractivity contribution >= 4 is 11.8 Å². The minimum atomic E-state index is -0.391. The summed E-state index contributed by atoms with van der Waals surface area (Å²) in [5.74, 6) is 1.06. The fourth-order valence-corrected chi connectivity index (χ4v) is 4.43. The summed E-state index contributed by atoms with van der Waals surface area (Å²) in [5.41, 5.74) is 2.77. The predicted molar refractivity (Wildman–Crippen MR) is 131 cm³/mol. The summed E-state index contributed by atoms with van der Waals surface area (Å²) in [7, 11) is 0. The second-order valence-corrected chi connectivity index (χ2v) is 9.17. The second kappa shape index (κ2) is 10.8. The van der Waals surface area contributed by atoms with E-state index in [-0.39, 0.29) is 35.9 Å². The van der Waals surface area contributed by atoms with E-state index in [9.17, 15) is 14.0 Å². The Morgan fingerprint density at radius 3 is 2.74 bits per heavy atom. The molecule has 4 rings (SSSR count). The first kappa shape index (κ1) is 24.5. The number of furan rings is 1. The first-order valence-electron chi connectivity index (χ1n) is 12.0. The van der Waals surface area contributed by atoms with E-state index in [1.807, 2.05) is 49.9 Å². The van der Waals surface area contributed by atoms with Gasteiger partial charge in [0.15, 0.2) is 5.76 Å². The maximum absolute atomic E-state index is 14.2. The van der Waals surface area contributed by atoms with Crippen molar-refractivity contribution in [1.82, 2.24) is 10.2 Å². The SMILES string of the molecule is CCNC(=O)c1ccc(COc2ccc3c(c2)[C@H](c2cccc(F)c2)N(C(=O)CC(C)C)CC3)o1. The van der Waals surface area contributed by atoms with Gasteiger partial charge in [-0.15, -0.1) is 0 Å². The zero-order valence-electron chi connectivity index (χ0n) is 20.3. The van der Waals surface area contributed by atoms with Crippen molar-refractivity contribution in [3.63, 3.8) is 0 Å². The van der Waals surface area contributed by atoms with E-state index >= 15 is 0 Å². The molecule has 0 spiro atoms. The van der Waals surface area contributed by atoms with Crippen molar-refractivity contribution in [2.24, 2.45) is 5.92 Å². The van der Waals surface area contributed by atoms with Crippen LogP contribution in [0.25, 0.3) is 0 Å². The number of nitrogens with zero attached hydrogens (tertiary/aromatic N) is 1. The lowest BCUT2D eigenvalue weighted by Gasteiger charge is -2.38. The summed E-state index contributed by atoms with van der Waals surface area (Å²) in [4.78, 5) is 26.9. The van der Waals surface area contributed by atoms with Gasteiger partial charge < -0.3 is 19.4 Å². The van der Waals surface area contributed by atoms with Gasteiger partial charge >= 0.3 is 0 Å². The second-order valence-electron chi connectivity index (χ2n) is 9.17. The van der Waals surface area contributed by atoms with E-state index in [0.29, 0.717) is 31.0 Å². The smallest absolute Gasteiger partial charge is 0.286 e. The third-order valence-corrected chi connectivity index (χ3v) is 6.02. The lowest BCUT2D eigenvalue weighted by Crippen LogP contribution is -2.41. The number of hydrogen-bond donors (Lipinski definition) is 1. The highest BCUT2D eigenvalue weighted by atomic mass is 19.1. The largest absolute Gasteiger partial charge is 0.486 e. The molecule has 1 atom stereocenters. The van der Waals surface area contributed by atoms with Gasteiger partial charge in [-0.1, -0.05) is 32.0 Å². The van der Waals surface area contributed by atoms with Crippen LogP contribution in [-0.2, 0) is 17.8 Å². The molecule has 2 amide bonds.